The van der Waals surface area contributed by atoms with Crippen LogP contribution < -0.4 is 5.32 Å². The van der Waals surface area contributed by atoms with E-state index >= 15 is 0 Å². The summed E-state index contributed by atoms with van der Waals surface area (Å²) < 4.78 is 0. The number of anilines is 1. The van der Waals surface area contributed by atoms with Gasteiger partial charge in [-0.15, -0.1) is 0 Å². The highest BCUT2D eigenvalue weighted by Gasteiger charge is 2.46. The van der Waals surface area contributed by atoms with E-state index in [1.807, 2.05) is 13.0 Å². The Morgan fingerprint density at radius 2 is 1.95 bits per heavy atom. The number of aromatic nitrogens is 5. The van der Waals surface area contributed by atoms with Gasteiger partial charge in [0.25, 0.3) is 0 Å². The number of rotatable bonds is 3. The van der Waals surface area contributed by atoms with Crippen LogP contribution >= 0.6 is 23.2 Å². The third-order valence-electron chi connectivity index (χ3n) is 3.09. The van der Waals surface area contributed by atoms with E-state index in [2.05, 4.69) is 30.2 Å². The van der Waals surface area contributed by atoms with E-state index in [9.17, 15) is 4.79 Å². The summed E-state index contributed by atoms with van der Waals surface area (Å²) in [5.74, 6) is 0.352. The minimum atomic E-state index is -0.205. The molecule has 2 atom stereocenters. The second-order valence-corrected chi connectivity index (χ2v) is 5.37. The third-order valence-corrected chi connectivity index (χ3v) is 3.43. The molecule has 0 bridgehead atoms. The van der Waals surface area contributed by atoms with Gasteiger partial charge < -0.3 is 0 Å². The second kappa shape index (κ2) is 5.50. The van der Waals surface area contributed by atoms with E-state index in [-0.39, 0.29) is 34.3 Å². The highest BCUT2D eigenvalue weighted by Crippen LogP contribution is 2.46. The normalized spacial score (nSPS) is 20.1. The van der Waals surface area contributed by atoms with Gasteiger partial charge in [0.2, 0.25) is 22.4 Å². The van der Waals surface area contributed by atoms with E-state index in [1.54, 1.807) is 6.20 Å². The van der Waals surface area contributed by atoms with Crippen LogP contribution in [0.2, 0.25) is 10.6 Å². The largest absolute Gasteiger partial charge is 0.294 e. The first-order valence-electron chi connectivity index (χ1n) is 6.20. The van der Waals surface area contributed by atoms with Crippen molar-refractivity contribution in [2.75, 3.05) is 5.32 Å². The molecule has 1 N–H and O–H groups in total. The molecule has 2 aromatic heterocycles. The smallest absolute Gasteiger partial charge is 0.235 e. The van der Waals surface area contributed by atoms with E-state index in [0.29, 0.717) is 12.2 Å². The molecule has 2 aromatic rings. The van der Waals surface area contributed by atoms with Gasteiger partial charge in [-0.3, -0.25) is 10.1 Å². The number of carbonyl (C=O) groups excluding carboxylic acids is 1. The summed E-state index contributed by atoms with van der Waals surface area (Å²) in [7, 11) is 0. The molecule has 1 fully saturated rings. The quantitative estimate of drug-likeness (QED) is 0.928. The average Bonchev–Trinajstić information content (AvgIpc) is 3.17. The maximum atomic E-state index is 12.1. The van der Waals surface area contributed by atoms with Crippen molar-refractivity contribution >= 4 is 35.1 Å². The third kappa shape index (κ3) is 3.25. The lowest BCUT2D eigenvalue weighted by atomic mass is 10.2. The van der Waals surface area contributed by atoms with Crippen LogP contribution in [0.15, 0.2) is 12.3 Å². The van der Waals surface area contributed by atoms with E-state index in [4.69, 9.17) is 23.2 Å². The Morgan fingerprint density at radius 3 is 2.62 bits per heavy atom. The molecule has 1 aliphatic carbocycles. The van der Waals surface area contributed by atoms with Crippen molar-refractivity contribution in [3.05, 3.63) is 34.3 Å². The first kappa shape index (κ1) is 14.1. The summed E-state index contributed by atoms with van der Waals surface area (Å²) in [6, 6.07) is 1.82. The van der Waals surface area contributed by atoms with Gasteiger partial charge in [0.15, 0.2) is 0 Å². The van der Waals surface area contributed by atoms with Gasteiger partial charge in [0, 0.05) is 23.7 Å². The number of nitrogens with one attached hydrogen (secondary N) is 1. The minimum Gasteiger partial charge on any atom is -0.294 e. The van der Waals surface area contributed by atoms with Gasteiger partial charge >= 0.3 is 0 Å². The van der Waals surface area contributed by atoms with Gasteiger partial charge in [0.1, 0.15) is 5.82 Å². The summed E-state index contributed by atoms with van der Waals surface area (Å²) in [6.07, 6.45) is 2.39. The molecule has 108 valence electrons. The molecule has 1 aliphatic rings. The fraction of sp³-hybridized carbons (Fsp3) is 0.333. The highest BCUT2D eigenvalue weighted by atomic mass is 35.5. The predicted octanol–water partition coefficient (Wildman–Crippen LogP) is 2.02. The minimum absolute atomic E-state index is 0.0256. The second-order valence-electron chi connectivity index (χ2n) is 4.69. The molecular weight excluding hydrogens is 315 g/mol. The van der Waals surface area contributed by atoms with Gasteiger partial charge in [-0.05, 0) is 42.6 Å². The zero-order valence-corrected chi connectivity index (χ0v) is 12.4. The number of carbonyl (C=O) groups is 1. The van der Waals surface area contributed by atoms with Crippen molar-refractivity contribution < 1.29 is 4.79 Å². The van der Waals surface area contributed by atoms with Crippen molar-refractivity contribution in [3.63, 3.8) is 0 Å². The Kier molecular flexibility index (Phi) is 3.69. The molecular formula is C12H10Cl2N6O. The Bertz CT molecular complexity index is 690. The standard InChI is InChI=1S/C12H10Cl2N6O/c1-5-2-3-15-8(16-5)6-4-7(6)9(21)17-12-19-10(13)18-11(14)20-12/h2-3,6-7H,4H2,1H3,(H,17,18,19,20,21). The summed E-state index contributed by atoms with van der Waals surface area (Å²) in [4.78, 5) is 31.8. The molecule has 0 aliphatic heterocycles. The monoisotopic (exact) mass is 324 g/mol. The van der Waals surface area contributed by atoms with Crippen LogP contribution in [0.25, 0.3) is 0 Å². The summed E-state index contributed by atoms with van der Waals surface area (Å²) in [5.41, 5.74) is 0.877. The number of nitrogens with zero attached hydrogens (tertiary/aromatic N) is 5. The Balaban J connectivity index is 1.68. The van der Waals surface area contributed by atoms with Crippen LogP contribution in [-0.4, -0.2) is 30.8 Å². The van der Waals surface area contributed by atoms with Crippen LogP contribution in [-0.2, 0) is 4.79 Å². The molecule has 9 heteroatoms. The maximum Gasteiger partial charge on any atom is 0.235 e. The first-order valence-corrected chi connectivity index (χ1v) is 6.96. The van der Waals surface area contributed by atoms with Crippen LogP contribution in [0.3, 0.4) is 0 Å². The number of hydrogen-bond acceptors (Lipinski definition) is 6. The molecule has 3 rings (SSSR count). The molecule has 1 saturated carbocycles. The van der Waals surface area contributed by atoms with Crippen LogP contribution in [0.5, 0.6) is 0 Å². The molecule has 2 unspecified atom stereocenters. The lowest BCUT2D eigenvalue weighted by Gasteiger charge is -2.03. The molecule has 0 saturated heterocycles. The lowest BCUT2D eigenvalue weighted by Crippen LogP contribution is -2.17. The molecule has 0 spiro atoms. The summed E-state index contributed by atoms with van der Waals surface area (Å²) in [5, 5.41) is 2.43. The zero-order chi connectivity index (χ0) is 15.0. The number of amides is 1. The topological polar surface area (TPSA) is 93.6 Å². The average molecular weight is 325 g/mol. The van der Waals surface area contributed by atoms with Crippen LogP contribution in [0.1, 0.15) is 23.9 Å². The Morgan fingerprint density at radius 1 is 1.24 bits per heavy atom. The molecule has 1 amide bonds. The zero-order valence-electron chi connectivity index (χ0n) is 10.9. The molecule has 2 heterocycles. The molecule has 21 heavy (non-hydrogen) atoms. The Hall–Kier alpha value is -1.86. The number of halogens is 2. The fourth-order valence-electron chi connectivity index (χ4n) is 2.00. The number of hydrogen-bond donors (Lipinski definition) is 1. The van der Waals surface area contributed by atoms with E-state index in [0.717, 1.165) is 5.69 Å². The van der Waals surface area contributed by atoms with E-state index < -0.39 is 0 Å². The van der Waals surface area contributed by atoms with Gasteiger partial charge in [-0.2, -0.15) is 15.0 Å². The molecule has 7 nitrogen and oxygen atoms in total. The first-order chi connectivity index (χ1) is 10.0. The van der Waals surface area contributed by atoms with Crippen molar-refractivity contribution in [2.24, 2.45) is 5.92 Å². The van der Waals surface area contributed by atoms with Crippen molar-refractivity contribution in [3.8, 4) is 0 Å². The van der Waals surface area contributed by atoms with Crippen molar-refractivity contribution in [1.82, 2.24) is 24.9 Å². The fourth-order valence-corrected chi connectivity index (χ4v) is 2.37. The van der Waals surface area contributed by atoms with Crippen molar-refractivity contribution in [2.45, 2.75) is 19.3 Å². The highest BCUT2D eigenvalue weighted by molar-refractivity contribution is 6.31. The Labute approximate surface area is 130 Å². The number of aryl methyl sites for hydroxylation is 1. The van der Waals surface area contributed by atoms with Gasteiger partial charge in [-0.25, -0.2) is 9.97 Å². The van der Waals surface area contributed by atoms with Crippen molar-refractivity contribution in [1.29, 1.82) is 0 Å². The van der Waals surface area contributed by atoms with Crippen LogP contribution in [0.4, 0.5) is 5.95 Å². The summed E-state index contributed by atoms with van der Waals surface area (Å²) in [6.45, 7) is 1.89. The molecule has 0 aromatic carbocycles. The van der Waals surface area contributed by atoms with Gasteiger partial charge in [0.05, 0.1) is 0 Å². The predicted molar refractivity (Wildman–Crippen MR) is 76.1 cm³/mol. The summed E-state index contributed by atoms with van der Waals surface area (Å²) >= 11 is 11.3. The lowest BCUT2D eigenvalue weighted by molar-refractivity contribution is -0.117. The molecule has 0 radical (unpaired) electrons. The SMILES string of the molecule is Cc1ccnc(C2CC2C(=O)Nc2nc(Cl)nc(Cl)n2)n1. The maximum absolute atomic E-state index is 12.1. The van der Waals surface area contributed by atoms with Crippen LogP contribution in [0, 0.1) is 12.8 Å². The van der Waals surface area contributed by atoms with Gasteiger partial charge in [-0.1, -0.05) is 0 Å². The van der Waals surface area contributed by atoms with E-state index in [1.165, 1.54) is 0 Å².